The summed E-state index contributed by atoms with van der Waals surface area (Å²) in [6.45, 7) is 1.37. The molecule has 5 rings (SSSR count). The molecule has 0 aliphatic carbocycles. The standard InChI is InChI=1S/C23H19ClN2O2S/c24-19-6-3-7-20-21(19)25-23(29-20)28-18-10-12-26(13-11-18)22(27)17-9-8-15-4-1-2-5-16(15)14-17/h1-9,14,18H,10-13H2. The van der Waals surface area contributed by atoms with E-state index >= 15 is 0 Å². The smallest absolute Gasteiger partial charge is 0.274 e. The summed E-state index contributed by atoms with van der Waals surface area (Å²) in [4.78, 5) is 19.4. The Bertz CT molecular complexity index is 1200. The molecule has 0 spiro atoms. The van der Waals surface area contributed by atoms with Crippen LogP contribution in [0.25, 0.3) is 21.0 Å². The normalized spacial score (nSPS) is 15.1. The molecule has 0 atom stereocenters. The van der Waals surface area contributed by atoms with E-state index in [2.05, 4.69) is 11.1 Å². The van der Waals surface area contributed by atoms with Crippen LogP contribution in [0.15, 0.2) is 60.7 Å². The lowest BCUT2D eigenvalue weighted by Gasteiger charge is -2.31. The van der Waals surface area contributed by atoms with E-state index < -0.39 is 0 Å². The first-order chi connectivity index (χ1) is 14.2. The van der Waals surface area contributed by atoms with E-state index in [1.807, 2.05) is 59.5 Å². The van der Waals surface area contributed by atoms with Gasteiger partial charge in [0.25, 0.3) is 11.1 Å². The van der Waals surface area contributed by atoms with E-state index in [9.17, 15) is 4.79 Å². The Hall–Kier alpha value is -2.63. The van der Waals surface area contributed by atoms with Crippen molar-refractivity contribution >= 4 is 49.8 Å². The fraction of sp³-hybridized carbons (Fsp3) is 0.217. The number of nitrogens with zero attached hydrogens (tertiary/aromatic N) is 2. The average Bonchev–Trinajstić information content (AvgIpc) is 3.17. The van der Waals surface area contributed by atoms with Crippen molar-refractivity contribution in [3.8, 4) is 5.19 Å². The van der Waals surface area contributed by atoms with E-state index in [-0.39, 0.29) is 12.0 Å². The summed E-state index contributed by atoms with van der Waals surface area (Å²) in [5.74, 6) is 0.0842. The monoisotopic (exact) mass is 422 g/mol. The maximum Gasteiger partial charge on any atom is 0.274 e. The topological polar surface area (TPSA) is 42.4 Å². The number of hydrogen-bond donors (Lipinski definition) is 0. The van der Waals surface area contributed by atoms with Crippen molar-refractivity contribution in [2.75, 3.05) is 13.1 Å². The van der Waals surface area contributed by atoms with Crippen molar-refractivity contribution in [2.24, 2.45) is 0 Å². The molecule has 29 heavy (non-hydrogen) atoms. The van der Waals surface area contributed by atoms with E-state index in [1.165, 1.54) is 11.3 Å². The molecule has 1 fully saturated rings. The highest BCUT2D eigenvalue weighted by Gasteiger charge is 2.25. The number of piperidine rings is 1. The first-order valence-electron chi connectivity index (χ1n) is 9.67. The maximum atomic E-state index is 12.9. The SMILES string of the molecule is O=C(c1ccc2ccccc2c1)N1CCC(Oc2nc3c(Cl)cccc3s2)CC1. The van der Waals surface area contributed by atoms with Crippen molar-refractivity contribution in [3.05, 3.63) is 71.2 Å². The molecule has 0 bridgehead atoms. The Balaban J connectivity index is 1.24. The second-order valence-electron chi connectivity index (χ2n) is 7.24. The van der Waals surface area contributed by atoms with Crippen LogP contribution in [0.5, 0.6) is 5.19 Å². The zero-order valence-corrected chi connectivity index (χ0v) is 17.2. The fourth-order valence-electron chi connectivity index (χ4n) is 3.77. The number of halogens is 1. The predicted molar refractivity (Wildman–Crippen MR) is 118 cm³/mol. The second-order valence-corrected chi connectivity index (χ2v) is 8.64. The molecule has 1 aliphatic heterocycles. The quantitative estimate of drug-likeness (QED) is 0.420. The predicted octanol–water partition coefficient (Wildman–Crippen LogP) is 5.79. The van der Waals surface area contributed by atoms with E-state index in [4.69, 9.17) is 16.3 Å². The summed E-state index contributed by atoms with van der Waals surface area (Å²) >= 11 is 7.72. The lowest BCUT2D eigenvalue weighted by molar-refractivity contribution is 0.0595. The van der Waals surface area contributed by atoms with Crippen LogP contribution in [0.2, 0.25) is 5.02 Å². The molecule has 0 radical (unpaired) electrons. The Morgan fingerprint density at radius 3 is 2.62 bits per heavy atom. The molecule has 2 heterocycles. The number of amides is 1. The number of likely N-dealkylation sites (tertiary alicyclic amines) is 1. The first-order valence-corrected chi connectivity index (χ1v) is 10.9. The number of ether oxygens (including phenoxy) is 1. The van der Waals surface area contributed by atoms with Crippen molar-refractivity contribution < 1.29 is 9.53 Å². The molecule has 0 saturated carbocycles. The third-order valence-electron chi connectivity index (χ3n) is 5.34. The highest BCUT2D eigenvalue weighted by molar-refractivity contribution is 7.20. The van der Waals surface area contributed by atoms with Gasteiger partial charge in [0.15, 0.2) is 0 Å². The van der Waals surface area contributed by atoms with Crippen LogP contribution >= 0.6 is 22.9 Å². The molecule has 146 valence electrons. The van der Waals surface area contributed by atoms with Crippen LogP contribution < -0.4 is 4.74 Å². The number of carbonyl (C=O) groups excluding carboxylic acids is 1. The van der Waals surface area contributed by atoms with Gasteiger partial charge in [0.2, 0.25) is 0 Å². The number of aromatic nitrogens is 1. The molecular weight excluding hydrogens is 404 g/mol. The van der Waals surface area contributed by atoms with Crippen LogP contribution in [0.3, 0.4) is 0 Å². The molecule has 4 nitrogen and oxygen atoms in total. The first kappa shape index (κ1) is 18.4. The van der Waals surface area contributed by atoms with Crippen molar-refractivity contribution in [3.63, 3.8) is 0 Å². The van der Waals surface area contributed by atoms with Crippen molar-refractivity contribution in [1.82, 2.24) is 9.88 Å². The summed E-state index contributed by atoms with van der Waals surface area (Å²) in [5.41, 5.74) is 1.53. The summed E-state index contributed by atoms with van der Waals surface area (Å²) < 4.78 is 7.12. The number of hydrogen-bond acceptors (Lipinski definition) is 4. The van der Waals surface area contributed by atoms with E-state index in [0.29, 0.717) is 23.3 Å². The van der Waals surface area contributed by atoms with Gasteiger partial charge in [-0.3, -0.25) is 4.79 Å². The van der Waals surface area contributed by atoms with Gasteiger partial charge in [-0.2, -0.15) is 0 Å². The van der Waals surface area contributed by atoms with Gasteiger partial charge in [-0.15, -0.1) is 0 Å². The molecule has 6 heteroatoms. The second kappa shape index (κ2) is 7.65. The van der Waals surface area contributed by atoms with Crippen LogP contribution in [-0.2, 0) is 0 Å². The summed E-state index contributed by atoms with van der Waals surface area (Å²) in [6.07, 6.45) is 1.65. The van der Waals surface area contributed by atoms with Gasteiger partial charge < -0.3 is 9.64 Å². The third kappa shape index (κ3) is 3.68. The number of thiazole rings is 1. The highest BCUT2D eigenvalue weighted by atomic mass is 35.5. The van der Waals surface area contributed by atoms with Crippen LogP contribution in [0.4, 0.5) is 0 Å². The molecule has 1 saturated heterocycles. The summed E-state index contributed by atoms with van der Waals surface area (Å²) in [5, 5.41) is 3.52. The zero-order valence-electron chi connectivity index (χ0n) is 15.7. The Morgan fingerprint density at radius 2 is 1.83 bits per heavy atom. The van der Waals surface area contributed by atoms with Crippen LogP contribution in [-0.4, -0.2) is 35.0 Å². The van der Waals surface area contributed by atoms with Gasteiger partial charge >= 0.3 is 0 Å². The van der Waals surface area contributed by atoms with Crippen molar-refractivity contribution in [1.29, 1.82) is 0 Å². The van der Waals surface area contributed by atoms with Gasteiger partial charge in [-0.25, -0.2) is 4.98 Å². The lowest BCUT2D eigenvalue weighted by Crippen LogP contribution is -2.41. The minimum Gasteiger partial charge on any atom is -0.467 e. The summed E-state index contributed by atoms with van der Waals surface area (Å²) in [7, 11) is 0. The lowest BCUT2D eigenvalue weighted by atomic mass is 10.0. The Kier molecular flexibility index (Phi) is 4.86. The molecule has 1 aromatic heterocycles. The number of benzene rings is 3. The minimum atomic E-state index is 0.0648. The molecule has 4 aromatic rings. The Morgan fingerprint density at radius 1 is 1.03 bits per heavy atom. The van der Waals surface area contributed by atoms with Gasteiger partial charge in [-0.05, 0) is 35.0 Å². The van der Waals surface area contributed by atoms with E-state index in [1.54, 1.807) is 0 Å². The van der Waals surface area contributed by atoms with Gasteiger partial charge in [0, 0.05) is 31.5 Å². The van der Waals surface area contributed by atoms with Crippen molar-refractivity contribution in [2.45, 2.75) is 18.9 Å². The van der Waals surface area contributed by atoms with Crippen LogP contribution in [0, 0.1) is 0 Å². The Labute approximate surface area is 177 Å². The van der Waals surface area contributed by atoms with Gasteiger partial charge in [-0.1, -0.05) is 59.3 Å². The largest absolute Gasteiger partial charge is 0.467 e. The fourth-order valence-corrected chi connectivity index (χ4v) is 4.95. The molecule has 1 aliphatic rings. The summed E-state index contributed by atoms with van der Waals surface area (Å²) in [6, 6.07) is 19.8. The van der Waals surface area contributed by atoms with Crippen LogP contribution in [0.1, 0.15) is 23.2 Å². The number of fused-ring (bicyclic) bond motifs is 2. The van der Waals surface area contributed by atoms with E-state index in [0.717, 1.165) is 39.4 Å². The number of para-hydroxylation sites is 1. The molecule has 1 amide bonds. The molecule has 0 N–H and O–H groups in total. The number of carbonyl (C=O) groups is 1. The van der Waals surface area contributed by atoms with Gasteiger partial charge in [0.1, 0.15) is 11.6 Å². The zero-order chi connectivity index (χ0) is 19.8. The average molecular weight is 423 g/mol. The minimum absolute atomic E-state index is 0.0648. The molecule has 0 unspecified atom stereocenters. The number of rotatable bonds is 3. The molecule has 3 aromatic carbocycles. The molecular formula is C23H19ClN2O2S. The van der Waals surface area contributed by atoms with Gasteiger partial charge in [0.05, 0.1) is 9.72 Å². The maximum absolute atomic E-state index is 12.9. The highest BCUT2D eigenvalue weighted by Crippen LogP contribution is 2.33. The third-order valence-corrected chi connectivity index (χ3v) is 6.56.